The molecule has 0 radical (unpaired) electrons. The van der Waals surface area contributed by atoms with E-state index in [4.69, 9.17) is 38.3 Å². The Kier molecular flexibility index (Phi) is 8.50. The number of rotatable bonds is 8. The minimum atomic E-state index is -0.660. The van der Waals surface area contributed by atoms with Gasteiger partial charge in [0.1, 0.15) is 12.4 Å². The molecule has 0 spiro atoms. The number of aliphatic hydroxyl groups excluding tert-OH is 2. The van der Waals surface area contributed by atoms with Crippen LogP contribution in [0.4, 0.5) is 5.69 Å². The number of hydrogen-bond acceptors (Lipinski definition) is 6. The zero-order valence-corrected chi connectivity index (χ0v) is 20.7. The molecule has 0 bridgehead atoms. The van der Waals surface area contributed by atoms with Gasteiger partial charge in [0.2, 0.25) is 0 Å². The van der Waals surface area contributed by atoms with Gasteiger partial charge in [0.05, 0.1) is 41.1 Å². The highest BCUT2D eigenvalue weighted by Gasteiger charge is 2.31. The van der Waals surface area contributed by atoms with Gasteiger partial charge in [0.15, 0.2) is 0 Å². The van der Waals surface area contributed by atoms with Crippen molar-refractivity contribution in [1.82, 2.24) is 4.90 Å². The first-order chi connectivity index (χ1) is 17.0. The van der Waals surface area contributed by atoms with E-state index in [0.29, 0.717) is 41.0 Å². The second-order valence-electron chi connectivity index (χ2n) is 8.46. The molecule has 182 valence electrons. The van der Waals surface area contributed by atoms with Crippen molar-refractivity contribution in [3.63, 3.8) is 0 Å². The van der Waals surface area contributed by atoms with Crippen LogP contribution in [-0.2, 0) is 0 Å². The molecule has 1 saturated heterocycles. The Hall–Kier alpha value is -2.79. The van der Waals surface area contributed by atoms with Crippen LogP contribution in [0.5, 0.6) is 5.75 Å². The summed E-state index contributed by atoms with van der Waals surface area (Å²) < 4.78 is 5.50. The van der Waals surface area contributed by atoms with E-state index in [1.165, 1.54) is 0 Å². The van der Waals surface area contributed by atoms with E-state index in [0.717, 1.165) is 23.4 Å². The Labute approximate surface area is 215 Å². The van der Waals surface area contributed by atoms with Crippen molar-refractivity contribution in [2.45, 2.75) is 12.1 Å². The Morgan fingerprint density at radius 3 is 2.43 bits per heavy atom. The fourth-order valence-corrected chi connectivity index (χ4v) is 4.77. The van der Waals surface area contributed by atoms with Crippen LogP contribution >= 0.6 is 23.2 Å². The number of nitriles is 1. The molecule has 8 heteroatoms. The van der Waals surface area contributed by atoms with Gasteiger partial charge >= 0.3 is 0 Å². The molecule has 0 aromatic heterocycles. The third-order valence-electron chi connectivity index (χ3n) is 6.16. The lowest BCUT2D eigenvalue weighted by atomic mass is 10.00. The lowest BCUT2D eigenvalue weighted by molar-refractivity contribution is 0.100. The summed E-state index contributed by atoms with van der Waals surface area (Å²) in [4.78, 5) is 4.51. The van der Waals surface area contributed by atoms with Crippen LogP contribution in [0, 0.1) is 11.3 Å². The molecular formula is C27H27Cl2N3O3. The number of hydrogen-bond donors (Lipinski definition) is 2. The summed E-state index contributed by atoms with van der Waals surface area (Å²) in [5.74, 6) is 0.611. The smallest absolute Gasteiger partial charge is 0.121 e. The summed E-state index contributed by atoms with van der Waals surface area (Å²) >= 11 is 12.8. The first kappa shape index (κ1) is 25.3. The molecule has 1 heterocycles. The van der Waals surface area contributed by atoms with Gasteiger partial charge in [-0.2, -0.15) is 5.26 Å². The summed E-state index contributed by atoms with van der Waals surface area (Å²) in [6.07, 6.45) is -0.660. The summed E-state index contributed by atoms with van der Waals surface area (Å²) in [7, 11) is 0. The molecule has 3 aromatic carbocycles. The molecule has 1 aliphatic rings. The lowest BCUT2D eigenvalue weighted by Crippen LogP contribution is -2.49. The number of piperazine rings is 1. The van der Waals surface area contributed by atoms with Crippen LogP contribution < -0.4 is 9.64 Å². The molecule has 0 saturated carbocycles. The van der Waals surface area contributed by atoms with Gasteiger partial charge in [-0.15, -0.1) is 0 Å². The molecule has 1 fully saturated rings. The monoisotopic (exact) mass is 511 g/mol. The Balaban J connectivity index is 1.55. The fourth-order valence-electron chi connectivity index (χ4n) is 4.37. The number of nitrogens with zero attached hydrogens (tertiary/aromatic N) is 3. The van der Waals surface area contributed by atoms with Gasteiger partial charge in [-0.3, -0.25) is 4.90 Å². The molecule has 0 unspecified atom stereocenters. The maximum absolute atomic E-state index is 10.8. The molecule has 2 N–H and O–H groups in total. The number of aliphatic hydroxyl groups is 2. The SMILES string of the molecule is N#Cc1ccc([C@@H](O)CN2CCN(c3ccc(OCCO)cc3Cl)[C@H](c3ccc(Cl)cc3)C2)cc1. The highest BCUT2D eigenvalue weighted by molar-refractivity contribution is 6.33. The van der Waals surface area contributed by atoms with E-state index in [-0.39, 0.29) is 19.3 Å². The van der Waals surface area contributed by atoms with Crippen molar-refractivity contribution in [3.05, 3.63) is 93.5 Å². The topological polar surface area (TPSA) is 80.0 Å². The maximum Gasteiger partial charge on any atom is 0.121 e. The van der Waals surface area contributed by atoms with Crippen molar-refractivity contribution >= 4 is 28.9 Å². The maximum atomic E-state index is 10.8. The van der Waals surface area contributed by atoms with Gasteiger partial charge in [0, 0.05) is 37.3 Å². The molecule has 35 heavy (non-hydrogen) atoms. The summed E-state index contributed by atoms with van der Waals surface area (Å²) in [5, 5.41) is 30.1. The van der Waals surface area contributed by atoms with Crippen molar-refractivity contribution in [3.8, 4) is 11.8 Å². The lowest BCUT2D eigenvalue weighted by Gasteiger charge is -2.44. The molecule has 6 nitrogen and oxygen atoms in total. The molecule has 0 amide bonds. The molecule has 4 rings (SSSR count). The van der Waals surface area contributed by atoms with Crippen LogP contribution in [0.25, 0.3) is 0 Å². The van der Waals surface area contributed by atoms with Crippen LogP contribution in [0.15, 0.2) is 66.7 Å². The number of ether oxygens (including phenoxy) is 1. The van der Waals surface area contributed by atoms with Gasteiger partial charge in [-0.1, -0.05) is 47.5 Å². The summed E-state index contributed by atoms with van der Waals surface area (Å²) in [6, 6.07) is 22.5. The van der Waals surface area contributed by atoms with E-state index in [2.05, 4.69) is 15.9 Å². The molecule has 1 aliphatic heterocycles. The number of anilines is 1. The summed E-state index contributed by atoms with van der Waals surface area (Å²) in [5.41, 5.74) is 3.36. The first-order valence-corrected chi connectivity index (χ1v) is 12.2. The van der Waals surface area contributed by atoms with Crippen molar-refractivity contribution in [2.24, 2.45) is 0 Å². The third-order valence-corrected chi connectivity index (χ3v) is 6.72. The third kappa shape index (κ3) is 6.26. The van der Waals surface area contributed by atoms with Gasteiger partial charge in [-0.25, -0.2) is 0 Å². The largest absolute Gasteiger partial charge is 0.491 e. The Morgan fingerprint density at radius 2 is 1.77 bits per heavy atom. The van der Waals surface area contributed by atoms with Crippen LogP contribution in [0.3, 0.4) is 0 Å². The minimum absolute atomic E-state index is 0.00380. The zero-order chi connectivity index (χ0) is 24.8. The molecule has 3 aromatic rings. The predicted molar refractivity (Wildman–Crippen MR) is 138 cm³/mol. The number of benzene rings is 3. The first-order valence-electron chi connectivity index (χ1n) is 11.4. The highest BCUT2D eigenvalue weighted by atomic mass is 35.5. The fraction of sp³-hybridized carbons (Fsp3) is 0.296. The van der Waals surface area contributed by atoms with Gasteiger partial charge < -0.3 is 19.8 Å². The van der Waals surface area contributed by atoms with E-state index < -0.39 is 6.10 Å². The summed E-state index contributed by atoms with van der Waals surface area (Å²) in [6.45, 7) is 2.78. The van der Waals surface area contributed by atoms with E-state index >= 15 is 0 Å². The van der Waals surface area contributed by atoms with Crippen molar-refractivity contribution < 1.29 is 14.9 Å². The van der Waals surface area contributed by atoms with Crippen molar-refractivity contribution in [1.29, 1.82) is 5.26 Å². The van der Waals surface area contributed by atoms with Crippen LogP contribution in [0.1, 0.15) is 28.8 Å². The Bertz CT molecular complexity index is 1170. The second-order valence-corrected chi connectivity index (χ2v) is 9.30. The van der Waals surface area contributed by atoms with Crippen LogP contribution in [0.2, 0.25) is 10.0 Å². The quantitative estimate of drug-likeness (QED) is 0.450. The van der Waals surface area contributed by atoms with E-state index in [9.17, 15) is 5.11 Å². The highest BCUT2D eigenvalue weighted by Crippen LogP contribution is 2.37. The van der Waals surface area contributed by atoms with Gasteiger partial charge in [-0.05, 0) is 47.5 Å². The van der Waals surface area contributed by atoms with E-state index in [1.54, 1.807) is 30.3 Å². The average Bonchev–Trinajstić information content (AvgIpc) is 2.88. The predicted octanol–water partition coefficient (Wildman–Crippen LogP) is 4.83. The second kappa shape index (κ2) is 11.8. The molecule has 2 atom stereocenters. The Morgan fingerprint density at radius 1 is 1.03 bits per heavy atom. The molecular weight excluding hydrogens is 485 g/mol. The van der Waals surface area contributed by atoms with Crippen LogP contribution in [-0.4, -0.2) is 54.5 Å². The average molecular weight is 512 g/mol. The molecule has 0 aliphatic carbocycles. The standard InChI is InChI=1S/C27H27Cl2N3O3/c28-22-7-5-20(6-8-22)26-17-31(18-27(34)21-3-1-19(16-30)2-4-21)11-12-32(26)25-10-9-23(15-24(25)29)35-14-13-33/h1-10,15,26-27,33-34H,11-14,17-18H2/t26-,27-/m0/s1. The zero-order valence-electron chi connectivity index (χ0n) is 19.1. The van der Waals surface area contributed by atoms with Crippen molar-refractivity contribution in [2.75, 3.05) is 44.3 Å². The van der Waals surface area contributed by atoms with Gasteiger partial charge in [0.25, 0.3) is 0 Å². The number of halogens is 2. The number of β-amino-alcohol motifs (C(OH)–C–C–N with tert-alkyl or cyclic N) is 1. The minimum Gasteiger partial charge on any atom is -0.491 e. The normalized spacial score (nSPS) is 17.1. The van der Waals surface area contributed by atoms with E-state index in [1.807, 2.05) is 36.4 Å².